The highest BCUT2D eigenvalue weighted by Crippen LogP contribution is 2.28. The van der Waals surface area contributed by atoms with Gasteiger partial charge in [-0.15, -0.1) is 0 Å². The lowest BCUT2D eigenvalue weighted by Gasteiger charge is -2.25. The molecule has 4 nitrogen and oxygen atoms in total. The Hall–Kier alpha value is -3.39. The van der Waals surface area contributed by atoms with Crippen LogP contribution in [0.4, 0.5) is 4.39 Å². The SMILES string of the molecule is N#Cc1ccc(-c2ccc3nc4n(c3c2)CCN(C2=CC=C2)CC4)cc1F. The van der Waals surface area contributed by atoms with Gasteiger partial charge in [0.1, 0.15) is 17.7 Å². The zero-order chi connectivity index (χ0) is 18.4. The first-order chi connectivity index (χ1) is 13.2. The van der Waals surface area contributed by atoms with Crippen LogP contribution in [0.2, 0.25) is 0 Å². The van der Waals surface area contributed by atoms with Crippen LogP contribution in [-0.4, -0.2) is 27.5 Å². The van der Waals surface area contributed by atoms with Gasteiger partial charge in [-0.3, -0.25) is 0 Å². The molecule has 0 unspecified atom stereocenters. The second-order valence-corrected chi connectivity index (χ2v) is 6.88. The summed E-state index contributed by atoms with van der Waals surface area (Å²) < 4.78 is 16.3. The van der Waals surface area contributed by atoms with E-state index in [4.69, 9.17) is 10.2 Å². The predicted octanol–water partition coefficient (Wildman–Crippen LogP) is 4.03. The number of aromatic nitrogens is 2. The number of nitrogens with zero attached hydrogens (tertiary/aromatic N) is 4. The van der Waals surface area contributed by atoms with E-state index in [-0.39, 0.29) is 5.56 Å². The zero-order valence-electron chi connectivity index (χ0n) is 14.7. The van der Waals surface area contributed by atoms with Gasteiger partial charge in [-0.05, 0) is 47.5 Å². The number of imidazole rings is 1. The Morgan fingerprint density at radius 2 is 1.85 bits per heavy atom. The minimum absolute atomic E-state index is 0.0671. The molecular weight excluding hydrogens is 339 g/mol. The molecule has 1 aliphatic carbocycles. The molecule has 0 radical (unpaired) electrons. The van der Waals surface area contributed by atoms with Crippen molar-refractivity contribution in [3.8, 4) is 17.2 Å². The Labute approximate surface area is 156 Å². The first kappa shape index (κ1) is 15.8. The number of hydrogen-bond acceptors (Lipinski definition) is 3. The third-order valence-electron chi connectivity index (χ3n) is 5.35. The fourth-order valence-electron chi connectivity index (χ4n) is 3.80. The van der Waals surface area contributed by atoms with Crippen LogP contribution in [0, 0.1) is 17.1 Å². The molecule has 2 aromatic carbocycles. The highest BCUT2D eigenvalue weighted by Gasteiger charge is 2.19. The molecule has 3 aromatic rings. The maximum absolute atomic E-state index is 14.0. The van der Waals surface area contributed by atoms with Crippen molar-refractivity contribution < 1.29 is 4.39 Å². The average Bonchev–Trinajstić information content (AvgIpc) is 2.86. The van der Waals surface area contributed by atoms with Gasteiger partial charge in [0.25, 0.3) is 0 Å². The Morgan fingerprint density at radius 1 is 1.04 bits per heavy atom. The third-order valence-corrected chi connectivity index (χ3v) is 5.35. The smallest absolute Gasteiger partial charge is 0.141 e. The molecule has 0 saturated heterocycles. The van der Waals surface area contributed by atoms with Gasteiger partial charge in [0, 0.05) is 31.8 Å². The van der Waals surface area contributed by atoms with E-state index in [2.05, 4.69) is 33.8 Å². The van der Waals surface area contributed by atoms with Gasteiger partial charge in [0.2, 0.25) is 0 Å². The lowest BCUT2D eigenvalue weighted by Crippen LogP contribution is -2.26. The maximum Gasteiger partial charge on any atom is 0.141 e. The maximum atomic E-state index is 14.0. The van der Waals surface area contributed by atoms with E-state index in [0.29, 0.717) is 0 Å². The molecule has 5 heteroatoms. The van der Waals surface area contributed by atoms with E-state index in [1.165, 1.54) is 17.8 Å². The molecule has 0 saturated carbocycles. The summed E-state index contributed by atoms with van der Waals surface area (Å²) in [6.45, 7) is 2.79. The largest absolute Gasteiger partial charge is 0.369 e. The van der Waals surface area contributed by atoms with Gasteiger partial charge in [0.05, 0.1) is 16.6 Å². The highest BCUT2D eigenvalue weighted by molar-refractivity contribution is 5.83. The van der Waals surface area contributed by atoms with Crippen LogP contribution in [0.3, 0.4) is 0 Å². The van der Waals surface area contributed by atoms with E-state index in [1.54, 1.807) is 6.07 Å². The summed E-state index contributed by atoms with van der Waals surface area (Å²) in [5.41, 5.74) is 5.10. The zero-order valence-corrected chi connectivity index (χ0v) is 14.7. The molecule has 1 aliphatic heterocycles. The minimum Gasteiger partial charge on any atom is -0.369 e. The number of rotatable bonds is 2. The van der Waals surface area contributed by atoms with E-state index in [0.717, 1.165) is 54.0 Å². The van der Waals surface area contributed by atoms with Crippen molar-refractivity contribution in [1.29, 1.82) is 5.26 Å². The molecule has 2 heterocycles. The van der Waals surface area contributed by atoms with Gasteiger partial charge in [-0.1, -0.05) is 18.2 Å². The molecule has 27 heavy (non-hydrogen) atoms. The predicted molar refractivity (Wildman–Crippen MR) is 102 cm³/mol. The number of nitriles is 1. The highest BCUT2D eigenvalue weighted by atomic mass is 19.1. The van der Waals surface area contributed by atoms with Gasteiger partial charge in [-0.2, -0.15) is 5.26 Å². The summed E-state index contributed by atoms with van der Waals surface area (Å²) in [4.78, 5) is 7.20. The molecule has 1 aromatic heterocycles. The molecule has 0 spiro atoms. The number of fused-ring (bicyclic) bond motifs is 3. The standard InChI is InChI=1S/C22H17FN4/c23-19-12-15(4-5-17(19)14-24)16-6-7-20-21(13-16)27-11-10-26(18-2-1-3-18)9-8-22(27)25-20/h1-7,12-13H,8-11H2. The van der Waals surface area contributed by atoms with Gasteiger partial charge in [-0.25, -0.2) is 9.37 Å². The van der Waals surface area contributed by atoms with Crippen LogP contribution in [0.5, 0.6) is 0 Å². The second-order valence-electron chi connectivity index (χ2n) is 6.88. The number of allylic oxidation sites excluding steroid dienone is 3. The van der Waals surface area contributed by atoms with Gasteiger partial charge < -0.3 is 9.47 Å². The van der Waals surface area contributed by atoms with Crippen LogP contribution < -0.4 is 0 Å². The van der Waals surface area contributed by atoms with Gasteiger partial charge >= 0.3 is 0 Å². The molecule has 0 N–H and O–H groups in total. The van der Waals surface area contributed by atoms with Crippen LogP contribution in [0.15, 0.2) is 60.3 Å². The summed E-state index contributed by atoms with van der Waals surface area (Å²) in [6, 6.07) is 12.7. The van der Waals surface area contributed by atoms with Crippen molar-refractivity contribution in [2.75, 3.05) is 13.1 Å². The molecule has 0 fully saturated rings. The Balaban J connectivity index is 1.52. The number of benzene rings is 2. The van der Waals surface area contributed by atoms with Crippen molar-refractivity contribution in [1.82, 2.24) is 14.5 Å². The quantitative estimate of drug-likeness (QED) is 0.696. The van der Waals surface area contributed by atoms with Crippen molar-refractivity contribution in [2.45, 2.75) is 13.0 Å². The van der Waals surface area contributed by atoms with E-state index >= 15 is 0 Å². The summed E-state index contributed by atoms with van der Waals surface area (Å²) in [5.74, 6) is 0.610. The van der Waals surface area contributed by atoms with Crippen LogP contribution >= 0.6 is 0 Å². The Morgan fingerprint density at radius 3 is 2.59 bits per heavy atom. The number of halogens is 1. The Kier molecular flexibility index (Phi) is 3.58. The fourth-order valence-corrected chi connectivity index (χ4v) is 3.80. The lowest BCUT2D eigenvalue weighted by atomic mass is 10.0. The normalized spacial score (nSPS) is 15.7. The topological polar surface area (TPSA) is 44.9 Å². The molecule has 2 aliphatic rings. The van der Waals surface area contributed by atoms with Crippen LogP contribution in [-0.2, 0) is 13.0 Å². The molecule has 0 bridgehead atoms. The first-order valence-corrected chi connectivity index (χ1v) is 9.05. The Bertz CT molecular complexity index is 1160. The first-order valence-electron chi connectivity index (χ1n) is 9.05. The van der Waals surface area contributed by atoms with Crippen molar-refractivity contribution >= 4 is 11.0 Å². The van der Waals surface area contributed by atoms with Crippen molar-refractivity contribution in [2.24, 2.45) is 0 Å². The molecular formula is C22H17FN4. The third kappa shape index (κ3) is 2.61. The van der Waals surface area contributed by atoms with E-state index in [9.17, 15) is 4.39 Å². The molecule has 5 rings (SSSR count). The second kappa shape index (κ2) is 6.10. The van der Waals surface area contributed by atoms with Gasteiger partial charge in [0.15, 0.2) is 0 Å². The molecule has 0 amide bonds. The average molecular weight is 356 g/mol. The summed E-state index contributed by atoms with van der Waals surface area (Å²) in [6.07, 6.45) is 7.26. The van der Waals surface area contributed by atoms with E-state index in [1.807, 2.05) is 18.2 Å². The summed E-state index contributed by atoms with van der Waals surface area (Å²) in [5, 5.41) is 8.92. The van der Waals surface area contributed by atoms with Crippen molar-refractivity contribution in [3.05, 3.63) is 77.5 Å². The summed E-state index contributed by atoms with van der Waals surface area (Å²) >= 11 is 0. The monoisotopic (exact) mass is 356 g/mol. The van der Waals surface area contributed by atoms with Crippen LogP contribution in [0.1, 0.15) is 11.4 Å². The van der Waals surface area contributed by atoms with Crippen molar-refractivity contribution in [3.63, 3.8) is 0 Å². The molecule has 0 atom stereocenters. The number of hydrogen-bond donors (Lipinski definition) is 0. The minimum atomic E-state index is -0.486. The van der Waals surface area contributed by atoms with E-state index < -0.39 is 5.82 Å². The van der Waals surface area contributed by atoms with Crippen LogP contribution in [0.25, 0.3) is 22.2 Å². The lowest BCUT2D eigenvalue weighted by molar-refractivity contribution is 0.359. The fraction of sp³-hybridized carbons (Fsp3) is 0.182. The molecule has 132 valence electrons. The summed E-state index contributed by atoms with van der Waals surface area (Å²) in [7, 11) is 0.